The monoisotopic (exact) mass is 498 g/mol. The fourth-order valence-corrected chi connectivity index (χ4v) is 5.56. The number of imidazole rings is 1. The molecule has 0 aromatic carbocycles. The quantitative estimate of drug-likeness (QED) is 0.408. The van der Waals surface area contributed by atoms with Crippen LogP contribution < -0.4 is 16.8 Å². The highest BCUT2D eigenvalue weighted by molar-refractivity contribution is 7.18. The number of hydrogen-bond acceptors (Lipinski definition) is 8. The molecule has 5 heterocycles. The predicted octanol–water partition coefficient (Wildman–Crippen LogP) is -0.307. The van der Waals surface area contributed by atoms with Crippen LogP contribution in [0.1, 0.15) is 16.3 Å². The number of aromatic amines is 1. The third-order valence-electron chi connectivity index (χ3n) is 6.68. The van der Waals surface area contributed by atoms with E-state index in [1.807, 2.05) is 13.8 Å². The van der Waals surface area contributed by atoms with Crippen LogP contribution in [-0.4, -0.2) is 70.5 Å². The molecule has 1 amide bonds. The zero-order chi connectivity index (χ0) is 25.0. The van der Waals surface area contributed by atoms with Gasteiger partial charge >= 0.3 is 5.69 Å². The average molecular weight is 499 g/mol. The van der Waals surface area contributed by atoms with Gasteiger partial charge in [0.25, 0.3) is 11.1 Å². The van der Waals surface area contributed by atoms with Crippen molar-refractivity contribution in [3.05, 3.63) is 53.8 Å². The summed E-state index contributed by atoms with van der Waals surface area (Å²) in [5, 5.41) is 0.650. The first-order chi connectivity index (χ1) is 16.7. The third-order valence-corrected chi connectivity index (χ3v) is 7.78. The van der Waals surface area contributed by atoms with Crippen LogP contribution in [0, 0.1) is 13.8 Å². The largest absolute Gasteiger partial charge is 0.339 e. The number of thiophene rings is 1. The van der Waals surface area contributed by atoms with E-state index < -0.39 is 11.2 Å². The lowest BCUT2D eigenvalue weighted by atomic mass is 10.2. The molecule has 5 rings (SSSR count). The van der Waals surface area contributed by atoms with Gasteiger partial charge in [-0.2, -0.15) is 0 Å². The van der Waals surface area contributed by atoms with E-state index >= 15 is 0 Å². The van der Waals surface area contributed by atoms with Crippen molar-refractivity contribution in [1.82, 2.24) is 38.5 Å². The first-order valence-corrected chi connectivity index (χ1v) is 12.1. The van der Waals surface area contributed by atoms with Crippen LogP contribution in [0.5, 0.6) is 0 Å². The maximum absolute atomic E-state index is 13.0. The molecule has 0 saturated carbocycles. The molecule has 13 heteroatoms. The smallest absolute Gasteiger partial charge is 0.332 e. The summed E-state index contributed by atoms with van der Waals surface area (Å²) < 4.78 is 3.79. The Morgan fingerprint density at radius 1 is 1.11 bits per heavy atom. The predicted molar refractivity (Wildman–Crippen MR) is 132 cm³/mol. The first-order valence-electron chi connectivity index (χ1n) is 11.3. The molecule has 0 bridgehead atoms. The minimum atomic E-state index is -0.572. The van der Waals surface area contributed by atoms with Gasteiger partial charge in [-0.25, -0.2) is 19.3 Å². The normalized spacial score (nSPS) is 14.9. The van der Waals surface area contributed by atoms with Crippen molar-refractivity contribution in [2.45, 2.75) is 26.9 Å². The average Bonchev–Trinajstić information content (AvgIpc) is 3.35. The second-order valence-corrected chi connectivity index (χ2v) is 10.1. The lowest BCUT2D eigenvalue weighted by Crippen LogP contribution is -2.51. The lowest BCUT2D eigenvalue weighted by Gasteiger charge is -2.34. The summed E-state index contributed by atoms with van der Waals surface area (Å²) in [7, 11) is 3.21. The molecule has 1 saturated heterocycles. The van der Waals surface area contributed by atoms with Crippen LogP contribution in [0.3, 0.4) is 0 Å². The highest BCUT2D eigenvalue weighted by Gasteiger charge is 2.24. The van der Waals surface area contributed by atoms with Crippen LogP contribution in [-0.2, 0) is 32.0 Å². The number of H-pyrrole nitrogens is 1. The zero-order valence-corrected chi connectivity index (χ0v) is 20.8. The number of hydrogen-bond donors (Lipinski definition) is 1. The molecule has 184 valence electrons. The molecule has 0 radical (unpaired) electrons. The number of carbonyl (C=O) groups is 1. The van der Waals surface area contributed by atoms with Gasteiger partial charge < -0.3 is 14.5 Å². The fourth-order valence-electron chi connectivity index (χ4n) is 4.51. The number of piperazine rings is 1. The number of nitrogens with one attached hydrogen (secondary N) is 1. The molecule has 4 aromatic heterocycles. The first kappa shape index (κ1) is 23.2. The van der Waals surface area contributed by atoms with E-state index in [1.165, 1.54) is 29.3 Å². The molecule has 0 unspecified atom stereocenters. The van der Waals surface area contributed by atoms with Crippen molar-refractivity contribution in [3.63, 3.8) is 0 Å². The maximum Gasteiger partial charge on any atom is 0.332 e. The van der Waals surface area contributed by atoms with Crippen LogP contribution in [0.2, 0.25) is 0 Å². The van der Waals surface area contributed by atoms with Crippen molar-refractivity contribution in [2.24, 2.45) is 14.1 Å². The highest BCUT2D eigenvalue weighted by Crippen LogP contribution is 2.25. The van der Waals surface area contributed by atoms with Crippen LogP contribution >= 0.6 is 11.3 Å². The third kappa shape index (κ3) is 3.90. The van der Waals surface area contributed by atoms with Crippen LogP contribution in [0.4, 0.5) is 0 Å². The van der Waals surface area contributed by atoms with Gasteiger partial charge in [0, 0.05) is 45.2 Å². The van der Waals surface area contributed by atoms with E-state index in [-0.39, 0.29) is 29.2 Å². The second-order valence-electron chi connectivity index (χ2n) is 8.89. The van der Waals surface area contributed by atoms with Gasteiger partial charge in [-0.1, -0.05) is 0 Å². The number of carbonyl (C=O) groups excluding carboxylic acids is 1. The molecule has 35 heavy (non-hydrogen) atoms. The van der Waals surface area contributed by atoms with Gasteiger partial charge in [0.1, 0.15) is 17.2 Å². The molecule has 0 atom stereocenters. The van der Waals surface area contributed by atoms with E-state index in [1.54, 1.807) is 16.5 Å². The molecule has 1 N–H and O–H groups in total. The van der Waals surface area contributed by atoms with Crippen molar-refractivity contribution in [3.8, 4) is 0 Å². The van der Waals surface area contributed by atoms with E-state index in [0.717, 1.165) is 19.8 Å². The van der Waals surface area contributed by atoms with E-state index in [9.17, 15) is 19.2 Å². The Morgan fingerprint density at radius 2 is 1.83 bits per heavy atom. The molecule has 0 spiro atoms. The maximum atomic E-state index is 13.0. The molecular formula is C22H26N8O4S. The molecular weight excluding hydrogens is 472 g/mol. The summed E-state index contributed by atoms with van der Waals surface area (Å²) in [6, 6.07) is 0. The standard InChI is InChI=1S/C22H26N8O4S/c1-12-13(2)35-20-16(12)19(32)24-14(25-20)9-28-5-7-29(8-6-28)15(31)10-30-21(33)17-18(23-11-26(17)3)27(4)22(30)34/h11H,5-10H2,1-4H3,(H,24,25,32). The van der Waals surface area contributed by atoms with E-state index in [2.05, 4.69) is 19.9 Å². The van der Waals surface area contributed by atoms with Gasteiger partial charge in [-0.15, -0.1) is 11.3 Å². The van der Waals surface area contributed by atoms with Crippen molar-refractivity contribution in [1.29, 1.82) is 0 Å². The Kier molecular flexibility index (Phi) is 5.68. The summed E-state index contributed by atoms with van der Waals surface area (Å²) in [5.41, 5.74) is 0.307. The Bertz CT molecular complexity index is 1650. The summed E-state index contributed by atoms with van der Waals surface area (Å²) in [6.07, 6.45) is 1.47. The minimum Gasteiger partial charge on any atom is -0.339 e. The van der Waals surface area contributed by atoms with Gasteiger partial charge in [-0.05, 0) is 19.4 Å². The summed E-state index contributed by atoms with van der Waals surface area (Å²) in [4.78, 5) is 68.3. The molecule has 12 nitrogen and oxygen atoms in total. The van der Waals surface area contributed by atoms with Crippen molar-refractivity contribution >= 4 is 38.6 Å². The molecule has 1 aliphatic rings. The molecule has 1 fully saturated rings. The van der Waals surface area contributed by atoms with Crippen molar-refractivity contribution in [2.75, 3.05) is 26.2 Å². The number of amides is 1. The Labute approximate surface area is 203 Å². The Hall–Kier alpha value is -3.58. The number of rotatable bonds is 4. The number of fused-ring (bicyclic) bond motifs is 2. The summed E-state index contributed by atoms with van der Waals surface area (Å²) in [5.74, 6) is 0.311. The second kappa shape index (κ2) is 8.57. The molecule has 0 aliphatic carbocycles. The summed E-state index contributed by atoms with van der Waals surface area (Å²) in [6.45, 7) is 6.13. The number of nitrogens with zero attached hydrogens (tertiary/aromatic N) is 7. The topological polar surface area (TPSA) is 131 Å². The van der Waals surface area contributed by atoms with Gasteiger partial charge in [0.2, 0.25) is 5.91 Å². The van der Waals surface area contributed by atoms with E-state index in [4.69, 9.17) is 0 Å². The van der Waals surface area contributed by atoms with Crippen LogP contribution in [0.15, 0.2) is 20.7 Å². The minimum absolute atomic E-state index is 0.127. The van der Waals surface area contributed by atoms with Gasteiger partial charge in [0.15, 0.2) is 11.2 Å². The van der Waals surface area contributed by atoms with Gasteiger partial charge in [-0.3, -0.25) is 23.9 Å². The molecule has 4 aromatic rings. The Balaban J connectivity index is 1.27. The van der Waals surface area contributed by atoms with E-state index in [0.29, 0.717) is 43.9 Å². The van der Waals surface area contributed by atoms with Crippen molar-refractivity contribution < 1.29 is 4.79 Å². The summed E-state index contributed by atoms with van der Waals surface area (Å²) >= 11 is 1.52. The lowest BCUT2D eigenvalue weighted by molar-refractivity contribution is -0.133. The number of aryl methyl sites for hydroxylation is 4. The number of aromatic nitrogens is 6. The highest BCUT2D eigenvalue weighted by atomic mass is 32.1. The fraction of sp³-hybridized carbons (Fsp3) is 0.455. The SMILES string of the molecule is Cc1sc2nc(CN3CCN(C(=O)Cn4c(=O)c5c(ncn5C)n(C)c4=O)CC3)[nH]c(=O)c2c1C. The van der Waals surface area contributed by atoms with Crippen LogP contribution in [0.25, 0.3) is 21.4 Å². The molecule has 1 aliphatic heterocycles. The zero-order valence-electron chi connectivity index (χ0n) is 20.0. The Morgan fingerprint density at radius 3 is 2.54 bits per heavy atom. The van der Waals surface area contributed by atoms with Gasteiger partial charge in [0.05, 0.1) is 18.3 Å².